The fourth-order valence-corrected chi connectivity index (χ4v) is 3.54. The molecule has 2 aromatic rings. The topological polar surface area (TPSA) is 54.9 Å². The Balaban J connectivity index is 1.77. The maximum absolute atomic E-state index is 12.3. The Morgan fingerprint density at radius 3 is 3.11 bits per heavy atom. The van der Waals surface area contributed by atoms with E-state index < -0.39 is 0 Å². The van der Waals surface area contributed by atoms with Crippen LogP contribution in [0.4, 0.5) is 5.82 Å². The number of nitrogens with zero attached hydrogens (tertiary/aromatic N) is 2. The molecule has 19 heavy (non-hydrogen) atoms. The zero-order valence-corrected chi connectivity index (χ0v) is 12.5. The first-order valence-electron chi connectivity index (χ1n) is 6.09. The van der Waals surface area contributed by atoms with Gasteiger partial charge in [-0.05, 0) is 52.2 Å². The van der Waals surface area contributed by atoms with E-state index in [4.69, 9.17) is 0 Å². The summed E-state index contributed by atoms with van der Waals surface area (Å²) in [6.07, 6.45) is 6.19. The number of nitrogens with one attached hydrogen (secondary N) is 1. The fourth-order valence-electron chi connectivity index (χ4n) is 2.35. The lowest BCUT2D eigenvalue weighted by molar-refractivity contribution is -0.117. The van der Waals surface area contributed by atoms with Crippen LogP contribution in [-0.4, -0.2) is 15.9 Å². The highest BCUT2D eigenvalue weighted by Gasteiger charge is 2.27. The van der Waals surface area contributed by atoms with E-state index in [1.165, 1.54) is 10.4 Å². The minimum atomic E-state index is -0.0551. The maximum Gasteiger partial charge on any atom is 0.233 e. The summed E-state index contributed by atoms with van der Waals surface area (Å²) in [7, 11) is 0. The van der Waals surface area contributed by atoms with Crippen molar-refractivity contribution in [3.8, 4) is 0 Å². The summed E-state index contributed by atoms with van der Waals surface area (Å²) < 4.78 is 0.656. The molecular weight excluding hydrogens is 326 g/mol. The number of rotatable bonds is 2. The van der Waals surface area contributed by atoms with Crippen LogP contribution >= 0.6 is 27.3 Å². The van der Waals surface area contributed by atoms with Crippen LogP contribution in [0.5, 0.6) is 0 Å². The molecule has 1 aliphatic rings. The van der Waals surface area contributed by atoms with Gasteiger partial charge in [0.15, 0.2) is 5.82 Å². The highest BCUT2D eigenvalue weighted by atomic mass is 79.9. The molecule has 0 saturated heterocycles. The molecule has 1 unspecified atom stereocenters. The number of thiophene rings is 1. The van der Waals surface area contributed by atoms with Gasteiger partial charge < -0.3 is 5.32 Å². The molecule has 1 amide bonds. The second kappa shape index (κ2) is 5.38. The lowest BCUT2D eigenvalue weighted by atomic mass is 9.87. The number of carbonyl (C=O) groups excluding carboxylic acids is 1. The van der Waals surface area contributed by atoms with E-state index in [2.05, 4.69) is 42.7 Å². The molecule has 6 heteroatoms. The third-order valence-electron chi connectivity index (χ3n) is 3.24. The molecule has 98 valence electrons. The van der Waals surface area contributed by atoms with E-state index in [-0.39, 0.29) is 11.8 Å². The van der Waals surface area contributed by atoms with Crippen LogP contribution in [0, 0.1) is 0 Å². The van der Waals surface area contributed by atoms with Gasteiger partial charge in [0.1, 0.15) is 4.60 Å². The second-order valence-electron chi connectivity index (χ2n) is 4.46. The van der Waals surface area contributed by atoms with E-state index in [1.54, 1.807) is 23.7 Å². The average molecular weight is 338 g/mol. The van der Waals surface area contributed by atoms with Crippen LogP contribution in [0.2, 0.25) is 0 Å². The first-order chi connectivity index (χ1) is 9.24. The Labute approximate surface area is 123 Å². The fraction of sp³-hybridized carbons (Fsp3) is 0.308. The summed E-state index contributed by atoms with van der Waals surface area (Å²) in [5.41, 5.74) is 1.18. The zero-order chi connectivity index (χ0) is 13.2. The molecule has 4 nitrogen and oxygen atoms in total. The number of hydrogen-bond acceptors (Lipinski definition) is 4. The summed E-state index contributed by atoms with van der Waals surface area (Å²) in [5.74, 6) is 0.451. The van der Waals surface area contributed by atoms with Gasteiger partial charge in [-0.2, -0.15) is 0 Å². The third kappa shape index (κ3) is 2.69. The Kier molecular flexibility index (Phi) is 3.61. The van der Waals surface area contributed by atoms with Crippen molar-refractivity contribution >= 4 is 39.0 Å². The summed E-state index contributed by atoms with van der Waals surface area (Å²) in [4.78, 5) is 21.8. The lowest BCUT2D eigenvalue weighted by Gasteiger charge is -2.21. The average Bonchev–Trinajstić information content (AvgIpc) is 2.89. The van der Waals surface area contributed by atoms with Crippen molar-refractivity contribution in [1.29, 1.82) is 0 Å². The molecule has 1 N–H and O–H groups in total. The van der Waals surface area contributed by atoms with Gasteiger partial charge in [0.2, 0.25) is 5.91 Å². The van der Waals surface area contributed by atoms with E-state index in [9.17, 15) is 4.79 Å². The Morgan fingerprint density at radius 2 is 2.32 bits per heavy atom. The molecule has 0 aliphatic heterocycles. The number of amides is 1. The molecule has 1 atom stereocenters. The number of anilines is 1. The number of hydrogen-bond donors (Lipinski definition) is 1. The first-order valence-corrected chi connectivity index (χ1v) is 7.76. The standard InChI is InChI=1S/C13H12BrN3OS/c14-11-6-16-12(7-15-11)17-13(18)9-2-1-3-10-8(9)4-5-19-10/h4-7,9H,1-3H2,(H,16,17,18). The van der Waals surface area contributed by atoms with Crippen molar-refractivity contribution in [2.75, 3.05) is 5.32 Å². The largest absolute Gasteiger partial charge is 0.309 e. The zero-order valence-electron chi connectivity index (χ0n) is 10.1. The summed E-state index contributed by atoms with van der Waals surface area (Å²) in [6.45, 7) is 0. The van der Waals surface area contributed by atoms with Gasteiger partial charge in [-0.3, -0.25) is 4.79 Å². The van der Waals surface area contributed by atoms with Crippen LogP contribution in [0.15, 0.2) is 28.4 Å². The molecular formula is C13H12BrN3OS. The van der Waals surface area contributed by atoms with Gasteiger partial charge in [0.05, 0.1) is 18.3 Å². The monoisotopic (exact) mass is 337 g/mol. The second-order valence-corrected chi connectivity index (χ2v) is 6.27. The van der Waals surface area contributed by atoms with Crippen LogP contribution in [0.25, 0.3) is 0 Å². The quantitative estimate of drug-likeness (QED) is 0.914. The predicted molar refractivity (Wildman–Crippen MR) is 78.4 cm³/mol. The lowest BCUT2D eigenvalue weighted by Crippen LogP contribution is -2.24. The molecule has 2 heterocycles. The predicted octanol–water partition coefficient (Wildman–Crippen LogP) is 3.36. The molecule has 3 rings (SSSR count). The molecule has 0 bridgehead atoms. The minimum absolute atomic E-state index is 0.0102. The molecule has 0 saturated carbocycles. The van der Waals surface area contributed by atoms with Crippen LogP contribution < -0.4 is 5.32 Å². The van der Waals surface area contributed by atoms with Crippen molar-refractivity contribution in [3.05, 3.63) is 38.9 Å². The van der Waals surface area contributed by atoms with Crippen LogP contribution in [0.1, 0.15) is 29.2 Å². The number of fused-ring (bicyclic) bond motifs is 1. The number of halogens is 1. The maximum atomic E-state index is 12.3. The van der Waals surface area contributed by atoms with E-state index in [0.29, 0.717) is 10.4 Å². The number of carbonyl (C=O) groups is 1. The van der Waals surface area contributed by atoms with Crippen molar-refractivity contribution < 1.29 is 4.79 Å². The normalized spacial score (nSPS) is 17.8. The third-order valence-corrected chi connectivity index (χ3v) is 4.65. The van der Waals surface area contributed by atoms with Gasteiger partial charge in [-0.25, -0.2) is 9.97 Å². The van der Waals surface area contributed by atoms with Crippen molar-refractivity contribution in [2.45, 2.75) is 25.2 Å². The Bertz CT molecular complexity index is 596. The van der Waals surface area contributed by atoms with Gasteiger partial charge >= 0.3 is 0 Å². The van der Waals surface area contributed by atoms with Crippen LogP contribution in [0.3, 0.4) is 0 Å². The molecule has 2 aromatic heterocycles. The highest BCUT2D eigenvalue weighted by Crippen LogP contribution is 2.35. The molecule has 0 aromatic carbocycles. The summed E-state index contributed by atoms with van der Waals surface area (Å²) >= 11 is 4.96. The summed E-state index contributed by atoms with van der Waals surface area (Å²) in [6, 6.07) is 2.07. The molecule has 0 fully saturated rings. The SMILES string of the molecule is O=C(Nc1cnc(Br)cn1)C1CCCc2sccc21. The Hall–Kier alpha value is -1.27. The molecule has 1 aliphatic carbocycles. The van der Waals surface area contributed by atoms with Gasteiger partial charge in [0, 0.05) is 4.88 Å². The highest BCUT2D eigenvalue weighted by molar-refractivity contribution is 9.10. The van der Waals surface area contributed by atoms with Crippen molar-refractivity contribution in [2.24, 2.45) is 0 Å². The van der Waals surface area contributed by atoms with Crippen LogP contribution in [-0.2, 0) is 11.2 Å². The first kappa shape index (κ1) is 12.7. The minimum Gasteiger partial charge on any atom is -0.309 e. The van der Waals surface area contributed by atoms with Gasteiger partial charge in [-0.15, -0.1) is 11.3 Å². The van der Waals surface area contributed by atoms with Crippen molar-refractivity contribution in [1.82, 2.24) is 9.97 Å². The Morgan fingerprint density at radius 1 is 1.42 bits per heavy atom. The van der Waals surface area contributed by atoms with Crippen molar-refractivity contribution in [3.63, 3.8) is 0 Å². The number of aryl methyl sites for hydroxylation is 1. The molecule has 0 spiro atoms. The molecule has 0 radical (unpaired) electrons. The summed E-state index contributed by atoms with van der Waals surface area (Å²) in [5, 5.41) is 4.91. The van der Waals surface area contributed by atoms with Gasteiger partial charge in [0.25, 0.3) is 0 Å². The van der Waals surface area contributed by atoms with Gasteiger partial charge in [-0.1, -0.05) is 0 Å². The number of aromatic nitrogens is 2. The van der Waals surface area contributed by atoms with E-state index in [0.717, 1.165) is 19.3 Å². The smallest absolute Gasteiger partial charge is 0.233 e. The van der Waals surface area contributed by atoms with E-state index >= 15 is 0 Å². The van der Waals surface area contributed by atoms with E-state index in [1.807, 2.05) is 0 Å².